The summed E-state index contributed by atoms with van der Waals surface area (Å²) in [5, 5.41) is 0.494. The van der Waals surface area contributed by atoms with Gasteiger partial charge in [-0.3, -0.25) is 13.8 Å². The van der Waals surface area contributed by atoms with Gasteiger partial charge in [-0.15, -0.1) is 11.3 Å². The highest BCUT2D eigenvalue weighted by Gasteiger charge is 2.19. The fourth-order valence-electron chi connectivity index (χ4n) is 3.87. The Kier molecular flexibility index (Phi) is 5.11. The quantitative estimate of drug-likeness (QED) is 0.303. The van der Waals surface area contributed by atoms with Crippen LogP contribution in [0.3, 0.4) is 0 Å². The average Bonchev–Trinajstić information content (AvgIpc) is 3.14. The lowest BCUT2D eigenvalue weighted by Crippen LogP contribution is -2.23. The highest BCUT2D eigenvalue weighted by atomic mass is 32.1. The molecule has 5 aromatic rings. The molecular formula is C24H16F2N2O2S2. The van der Waals surface area contributed by atoms with E-state index in [1.807, 2.05) is 16.5 Å². The number of hydrogen-bond acceptors (Lipinski definition) is 4. The summed E-state index contributed by atoms with van der Waals surface area (Å²) in [5.74, 6) is -0.766. The number of fused-ring (bicyclic) bond motifs is 3. The third kappa shape index (κ3) is 3.32. The van der Waals surface area contributed by atoms with E-state index in [9.17, 15) is 13.6 Å². The van der Waals surface area contributed by atoms with Crippen LogP contribution in [0.1, 0.15) is 5.56 Å². The SMILES string of the molecule is COc1ccc(Cn2c(=O)c3ccccc3n3c(=S)sc(-c4cccc(F)c4)c23)cc1F. The molecule has 0 spiro atoms. The van der Waals surface area contributed by atoms with Gasteiger partial charge in [0, 0.05) is 0 Å². The third-order valence-electron chi connectivity index (χ3n) is 5.31. The van der Waals surface area contributed by atoms with Crippen LogP contribution in [-0.2, 0) is 6.54 Å². The maximum atomic E-state index is 14.3. The average molecular weight is 467 g/mol. The molecule has 0 saturated carbocycles. The molecule has 4 nitrogen and oxygen atoms in total. The van der Waals surface area contributed by atoms with Crippen molar-refractivity contribution < 1.29 is 13.5 Å². The van der Waals surface area contributed by atoms with Gasteiger partial charge in [0.05, 0.1) is 29.4 Å². The summed E-state index contributed by atoms with van der Waals surface area (Å²) in [5.41, 5.74) is 2.19. The van der Waals surface area contributed by atoms with E-state index in [0.717, 1.165) is 0 Å². The molecule has 0 radical (unpaired) electrons. The minimum absolute atomic E-state index is 0.113. The number of hydrogen-bond donors (Lipinski definition) is 0. The first-order valence-corrected chi connectivity index (χ1v) is 11.0. The molecule has 32 heavy (non-hydrogen) atoms. The summed E-state index contributed by atoms with van der Waals surface area (Å²) >= 11 is 6.96. The van der Waals surface area contributed by atoms with Gasteiger partial charge in [-0.2, -0.15) is 0 Å². The molecule has 5 rings (SSSR count). The lowest BCUT2D eigenvalue weighted by Gasteiger charge is -2.14. The van der Waals surface area contributed by atoms with E-state index in [1.54, 1.807) is 34.9 Å². The maximum absolute atomic E-state index is 14.3. The molecule has 0 fully saturated rings. The van der Waals surface area contributed by atoms with Gasteiger partial charge in [0.25, 0.3) is 5.56 Å². The Balaban J connectivity index is 1.86. The Morgan fingerprint density at radius 2 is 1.84 bits per heavy atom. The van der Waals surface area contributed by atoms with Crippen LogP contribution in [0.4, 0.5) is 8.78 Å². The zero-order valence-electron chi connectivity index (χ0n) is 16.8. The van der Waals surface area contributed by atoms with Crippen molar-refractivity contribution in [1.29, 1.82) is 0 Å². The molecule has 8 heteroatoms. The molecular weight excluding hydrogens is 450 g/mol. The second kappa shape index (κ2) is 7.96. The number of para-hydroxylation sites is 1. The van der Waals surface area contributed by atoms with E-state index < -0.39 is 5.82 Å². The number of halogens is 2. The number of rotatable bonds is 4. The van der Waals surface area contributed by atoms with Gasteiger partial charge < -0.3 is 4.74 Å². The summed E-state index contributed by atoms with van der Waals surface area (Å²) < 4.78 is 37.3. The third-order valence-corrected chi connectivity index (χ3v) is 6.72. The van der Waals surface area contributed by atoms with E-state index in [1.165, 1.54) is 42.7 Å². The lowest BCUT2D eigenvalue weighted by molar-refractivity contribution is 0.386. The van der Waals surface area contributed by atoms with Gasteiger partial charge >= 0.3 is 0 Å². The van der Waals surface area contributed by atoms with Crippen LogP contribution >= 0.6 is 23.6 Å². The van der Waals surface area contributed by atoms with E-state index >= 15 is 0 Å². The van der Waals surface area contributed by atoms with Gasteiger partial charge in [-0.05, 0) is 59.7 Å². The van der Waals surface area contributed by atoms with Crippen molar-refractivity contribution in [3.8, 4) is 16.2 Å². The Labute approximate surface area is 190 Å². The zero-order chi connectivity index (χ0) is 22.4. The minimum atomic E-state index is -0.512. The van der Waals surface area contributed by atoms with Crippen molar-refractivity contribution in [3.05, 3.63) is 98.2 Å². The van der Waals surface area contributed by atoms with Crippen LogP contribution in [0, 0.1) is 15.6 Å². The van der Waals surface area contributed by atoms with Crippen molar-refractivity contribution in [1.82, 2.24) is 8.97 Å². The molecule has 3 aromatic carbocycles. The predicted octanol–water partition coefficient (Wildman–Crippen LogP) is 6.05. The normalized spacial score (nSPS) is 11.3. The van der Waals surface area contributed by atoms with Crippen molar-refractivity contribution >= 4 is 40.1 Å². The number of methoxy groups -OCH3 is 1. The first-order valence-electron chi connectivity index (χ1n) is 9.73. The molecule has 0 amide bonds. The summed E-state index contributed by atoms with van der Waals surface area (Å²) in [7, 11) is 1.40. The highest BCUT2D eigenvalue weighted by Crippen LogP contribution is 2.34. The summed E-state index contributed by atoms with van der Waals surface area (Å²) in [6, 6.07) is 18.0. The van der Waals surface area contributed by atoms with Crippen LogP contribution in [0.25, 0.3) is 27.0 Å². The molecule has 0 unspecified atom stereocenters. The largest absolute Gasteiger partial charge is 0.494 e. The van der Waals surface area contributed by atoms with Crippen molar-refractivity contribution in [2.45, 2.75) is 6.54 Å². The van der Waals surface area contributed by atoms with Crippen LogP contribution in [0.15, 0.2) is 71.5 Å². The number of thiazole rings is 1. The fraction of sp³-hybridized carbons (Fsp3) is 0.0833. The van der Waals surface area contributed by atoms with Crippen LogP contribution in [-0.4, -0.2) is 16.1 Å². The van der Waals surface area contributed by atoms with E-state index in [-0.39, 0.29) is 23.7 Å². The monoisotopic (exact) mass is 466 g/mol. The number of benzene rings is 3. The van der Waals surface area contributed by atoms with Gasteiger partial charge in [-0.1, -0.05) is 30.3 Å². The van der Waals surface area contributed by atoms with Gasteiger partial charge in [0.15, 0.2) is 15.5 Å². The van der Waals surface area contributed by atoms with Gasteiger partial charge in [0.2, 0.25) is 0 Å². The smallest absolute Gasteiger partial charge is 0.261 e. The Morgan fingerprint density at radius 1 is 1.03 bits per heavy atom. The molecule has 0 aliphatic heterocycles. The van der Waals surface area contributed by atoms with Gasteiger partial charge in [-0.25, -0.2) is 8.78 Å². The molecule has 160 valence electrons. The minimum Gasteiger partial charge on any atom is -0.494 e. The maximum Gasteiger partial charge on any atom is 0.261 e. The summed E-state index contributed by atoms with van der Waals surface area (Å²) in [6.07, 6.45) is 0. The molecule has 0 aliphatic carbocycles. The highest BCUT2D eigenvalue weighted by molar-refractivity contribution is 7.73. The fourth-order valence-corrected chi connectivity index (χ4v) is 5.29. The topological polar surface area (TPSA) is 35.6 Å². The van der Waals surface area contributed by atoms with Crippen LogP contribution < -0.4 is 10.3 Å². The zero-order valence-corrected chi connectivity index (χ0v) is 18.5. The van der Waals surface area contributed by atoms with E-state index in [4.69, 9.17) is 17.0 Å². The molecule has 0 atom stereocenters. The van der Waals surface area contributed by atoms with Crippen LogP contribution in [0.5, 0.6) is 5.75 Å². The molecule has 0 N–H and O–H groups in total. The first kappa shape index (κ1) is 20.5. The number of aromatic nitrogens is 2. The molecule has 0 aliphatic rings. The molecule has 2 heterocycles. The Hall–Kier alpha value is -3.36. The van der Waals surface area contributed by atoms with E-state index in [2.05, 4.69) is 0 Å². The predicted molar refractivity (Wildman–Crippen MR) is 125 cm³/mol. The second-order valence-corrected chi connectivity index (χ2v) is 8.89. The lowest BCUT2D eigenvalue weighted by atomic mass is 10.1. The number of ether oxygens (including phenoxy) is 1. The Bertz CT molecular complexity index is 1620. The Morgan fingerprint density at radius 3 is 2.59 bits per heavy atom. The first-order chi connectivity index (χ1) is 15.5. The summed E-state index contributed by atoms with van der Waals surface area (Å²) in [6.45, 7) is 0.113. The molecule has 0 bridgehead atoms. The molecule has 2 aromatic heterocycles. The summed E-state index contributed by atoms with van der Waals surface area (Å²) in [4.78, 5) is 14.2. The standard InChI is InChI=1S/C24H16F2N2O2S2/c1-30-20-10-9-14(11-18(20)26)13-27-22-21(15-5-4-6-16(25)12-15)32-24(31)28(22)19-8-3-2-7-17(19)23(27)29/h2-12H,13H2,1H3. The van der Waals surface area contributed by atoms with Crippen molar-refractivity contribution in [2.75, 3.05) is 7.11 Å². The molecule has 0 saturated heterocycles. The van der Waals surface area contributed by atoms with E-state index in [0.29, 0.717) is 36.5 Å². The van der Waals surface area contributed by atoms with Crippen LogP contribution in [0.2, 0.25) is 0 Å². The second-order valence-electron chi connectivity index (χ2n) is 7.24. The van der Waals surface area contributed by atoms with Crippen molar-refractivity contribution in [3.63, 3.8) is 0 Å². The van der Waals surface area contributed by atoms with Gasteiger partial charge in [0.1, 0.15) is 11.5 Å². The van der Waals surface area contributed by atoms with Crippen molar-refractivity contribution in [2.24, 2.45) is 0 Å². The number of nitrogens with zero attached hydrogens (tertiary/aromatic N) is 2.